The molecule has 0 aromatic carbocycles. The molecule has 0 saturated heterocycles. The predicted octanol–water partition coefficient (Wildman–Crippen LogP) is 2.31. The number of amides is 1. The van der Waals surface area contributed by atoms with E-state index in [4.69, 9.17) is 0 Å². The number of carbonyl (C=O) groups excluding carboxylic acids is 1. The Bertz CT molecular complexity index is 879. The monoisotopic (exact) mass is 353 g/mol. The molecule has 0 fully saturated rings. The van der Waals surface area contributed by atoms with Crippen LogP contribution in [0.4, 0.5) is 5.69 Å². The van der Waals surface area contributed by atoms with Crippen LogP contribution in [-0.2, 0) is 17.8 Å². The lowest BCUT2D eigenvalue weighted by molar-refractivity contribution is -0.115. The van der Waals surface area contributed by atoms with Gasteiger partial charge in [-0.25, -0.2) is 14.6 Å². The number of carbonyl (C=O) groups is 1. The van der Waals surface area contributed by atoms with Gasteiger partial charge in [-0.1, -0.05) is 13.8 Å². The molecule has 1 N–H and O–H groups in total. The first-order valence-electron chi connectivity index (χ1n) is 8.58. The summed E-state index contributed by atoms with van der Waals surface area (Å²) in [6.45, 7) is 9.11. The number of hydrogen-bond donors (Lipinski definition) is 1. The molecule has 8 heteroatoms. The van der Waals surface area contributed by atoms with Crippen LogP contribution < -0.4 is 5.32 Å². The number of nitrogens with zero attached hydrogens (tertiary/aromatic N) is 6. The smallest absolute Gasteiger partial charge is 0.228 e. The van der Waals surface area contributed by atoms with E-state index in [2.05, 4.69) is 39.3 Å². The highest BCUT2D eigenvalue weighted by atomic mass is 16.1. The number of nitrogens with one attached hydrogen (secondary N) is 1. The van der Waals surface area contributed by atoms with E-state index >= 15 is 0 Å². The normalized spacial score (nSPS) is 11.1. The molecule has 136 valence electrons. The molecule has 0 saturated carbocycles. The van der Waals surface area contributed by atoms with Crippen molar-refractivity contribution < 1.29 is 4.79 Å². The van der Waals surface area contributed by atoms with Gasteiger partial charge in [0.1, 0.15) is 12.7 Å². The fraction of sp³-hybridized carbons (Fsp3) is 0.389. The van der Waals surface area contributed by atoms with E-state index in [1.54, 1.807) is 29.3 Å². The quantitative estimate of drug-likeness (QED) is 0.734. The number of hydrogen-bond acceptors (Lipinski definition) is 5. The number of aryl methyl sites for hydroxylation is 1. The molecule has 0 radical (unpaired) electrons. The average molecular weight is 353 g/mol. The second-order valence-electron chi connectivity index (χ2n) is 6.70. The fourth-order valence-electron chi connectivity index (χ4n) is 2.80. The first-order chi connectivity index (χ1) is 12.4. The van der Waals surface area contributed by atoms with Crippen molar-refractivity contribution in [2.75, 3.05) is 5.32 Å². The van der Waals surface area contributed by atoms with Crippen LogP contribution >= 0.6 is 0 Å². The minimum absolute atomic E-state index is 0.0874. The first-order valence-corrected chi connectivity index (χ1v) is 8.58. The van der Waals surface area contributed by atoms with Gasteiger partial charge >= 0.3 is 0 Å². The second kappa shape index (κ2) is 7.47. The lowest BCUT2D eigenvalue weighted by Gasteiger charge is -2.08. The molecule has 1 amide bonds. The predicted molar refractivity (Wildman–Crippen MR) is 98.0 cm³/mol. The zero-order valence-corrected chi connectivity index (χ0v) is 15.5. The van der Waals surface area contributed by atoms with Gasteiger partial charge in [-0.3, -0.25) is 9.48 Å². The van der Waals surface area contributed by atoms with Crippen molar-refractivity contribution in [1.29, 1.82) is 0 Å². The third kappa shape index (κ3) is 3.96. The molecule has 0 unspecified atom stereocenters. The van der Waals surface area contributed by atoms with Crippen molar-refractivity contribution in [3.8, 4) is 5.82 Å². The van der Waals surface area contributed by atoms with Crippen LogP contribution in [0, 0.1) is 19.8 Å². The number of rotatable bonds is 6. The Kier molecular flexibility index (Phi) is 5.11. The van der Waals surface area contributed by atoms with E-state index in [-0.39, 0.29) is 5.91 Å². The van der Waals surface area contributed by atoms with Crippen LogP contribution in [-0.4, -0.2) is 35.4 Å². The van der Waals surface area contributed by atoms with Crippen molar-refractivity contribution in [3.05, 3.63) is 47.9 Å². The minimum Gasteiger partial charge on any atom is -0.324 e. The summed E-state index contributed by atoms with van der Waals surface area (Å²) in [5.41, 5.74) is 3.57. The van der Waals surface area contributed by atoms with E-state index in [1.165, 1.54) is 6.33 Å². The van der Waals surface area contributed by atoms with Gasteiger partial charge in [0.2, 0.25) is 5.91 Å². The fourth-order valence-corrected chi connectivity index (χ4v) is 2.80. The van der Waals surface area contributed by atoms with Gasteiger partial charge in [0.05, 0.1) is 24.0 Å². The molecular weight excluding hydrogens is 330 g/mol. The Balaban J connectivity index is 1.67. The topological polar surface area (TPSA) is 90.5 Å². The summed E-state index contributed by atoms with van der Waals surface area (Å²) in [5, 5.41) is 11.5. The maximum atomic E-state index is 12.4. The molecule has 0 spiro atoms. The number of aromatic nitrogens is 6. The lowest BCUT2D eigenvalue weighted by Crippen LogP contribution is -2.16. The Morgan fingerprint density at radius 3 is 2.69 bits per heavy atom. The standard InChI is InChI=1S/C18H23N7O/c1-12(2)9-24-14(4)16(13(3)23-24)7-18(26)22-15-5-6-17(20-8-15)25-11-19-10-21-25/h5-6,8,10-12H,7,9H2,1-4H3,(H,22,26). The summed E-state index contributed by atoms with van der Waals surface area (Å²) in [6.07, 6.45) is 4.92. The first kappa shape index (κ1) is 17.8. The lowest BCUT2D eigenvalue weighted by atomic mass is 10.1. The van der Waals surface area contributed by atoms with E-state index in [0.717, 1.165) is 23.5 Å². The van der Waals surface area contributed by atoms with E-state index in [9.17, 15) is 4.79 Å². The molecular formula is C18H23N7O. The maximum Gasteiger partial charge on any atom is 0.228 e. The summed E-state index contributed by atoms with van der Waals surface area (Å²) >= 11 is 0. The Morgan fingerprint density at radius 1 is 1.27 bits per heavy atom. The van der Waals surface area contributed by atoms with Crippen LogP contribution in [0.1, 0.15) is 30.8 Å². The van der Waals surface area contributed by atoms with Gasteiger partial charge in [-0.15, -0.1) is 0 Å². The highest BCUT2D eigenvalue weighted by Gasteiger charge is 2.15. The molecule has 3 rings (SSSR count). The van der Waals surface area contributed by atoms with E-state index in [0.29, 0.717) is 23.8 Å². The summed E-state index contributed by atoms with van der Waals surface area (Å²) in [6, 6.07) is 3.57. The molecule has 0 aliphatic carbocycles. The van der Waals surface area contributed by atoms with Crippen LogP contribution in [0.25, 0.3) is 5.82 Å². The Labute approximate surface area is 152 Å². The van der Waals surface area contributed by atoms with Crippen molar-refractivity contribution in [2.45, 2.75) is 40.7 Å². The molecule has 0 bridgehead atoms. The molecule has 8 nitrogen and oxygen atoms in total. The van der Waals surface area contributed by atoms with Crippen LogP contribution in [0.15, 0.2) is 31.0 Å². The highest BCUT2D eigenvalue weighted by molar-refractivity contribution is 5.92. The molecule has 0 aliphatic heterocycles. The maximum absolute atomic E-state index is 12.4. The summed E-state index contributed by atoms with van der Waals surface area (Å²) in [7, 11) is 0. The Hall–Kier alpha value is -3.03. The third-order valence-electron chi connectivity index (χ3n) is 4.09. The zero-order chi connectivity index (χ0) is 18.7. The summed E-state index contributed by atoms with van der Waals surface area (Å²) in [4.78, 5) is 20.6. The van der Waals surface area contributed by atoms with Crippen LogP contribution in [0.3, 0.4) is 0 Å². The van der Waals surface area contributed by atoms with Crippen LogP contribution in [0.2, 0.25) is 0 Å². The zero-order valence-electron chi connectivity index (χ0n) is 15.5. The summed E-state index contributed by atoms with van der Waals surface area (Å²) < 4.78 is 3.54. The number of anilines is 1. The largest absolute Gasteiger partial charge is 0.324 e. The molecule has 0 atom stereocenters. The molecule has 3 heterocycles. The van der Waals surface area contributed by atoms with Gasteiger partial charge in [-0.2, -0.15) is 10.2 Å². The van der Waals surface area contributed by atoms with Gasteiger partial charge in [0.25, 0.3) is 0 Å². The van der Waals surface area contributed by atoms with Gasteiger partial charge in [-0.05, 0) is 31.9 Å². The average Bonchev–Trinajstić information content (AvgIpc) is 3.20. The van der Waals surface area contributed by atoms with Crippen molar-refractivity contribution in [2.24, 2.45) is 5.92 Å². The van der Waals surface area contributed by atoms with E-state index in [1.807, 2.05) is 18.5 Å². The van der Waals surface area contributed by atoms with Crippen molar-refractivity contribution in [3.63, 3.8) is 0 Å². The van der Waals surface area contributed by atoms with Crippen molar-refractivity contribution in [1.82, 2.24) is 29.5 Å². The molecule has 26 heavy (non-hydrogen) atoms. The van der Waals surface area contributed by atoms with Crippen molar-refractivity contribution >= 4 is 11.6 Å². The highest BCUT2D eigenvalue weighted by Crippen LogP contribution is 2.16. The van der Waals surface area contributed by atoms with E-state index < -0.39 is 0 Å². The molecule has 3 aromatic heterocycles. The van der Waals surface area contributed by atoms with Gasteiger partial charge < -0.3 is 5.32 Å². The Morgan fingerprint density at radius 2 is 2.08 bits per heavy atom. The second-order valence-corrected chi connectivity index (χ2v) is 6.70. The SMILES string of the molecule is Cc1nn(CC(C)C)c(C)c1CC(=O)Nc1ccc(-n2cncn2)nc1. The molecule has 3 aromatic rings. The summed E-state index contributed by atoms with van der Waals surface area (Å²) in [5.74, 6) is 1.06. The number of pyridine rings is 1. The van der Waals surface area contributed by atoms with Crippen LogP contribution in [0.5, 0.6) is 0 Å². The molecule has 0 aliphatic rings. The van der Waals surface area contributed by atoms with Gasteiger partial charge in [0.15, 0.2) is 5.82 Å². The van der Waals surface area contributed by atoms with Gasteiger partial charge in [0, 0.05) is 17.8 Å². The third-order valence-corrected chi connectivity index (χ3v) is 4.09. The minimum atomic E-state index is -0.0874.